The summed E-state index contributed by atoms with van der Waals surface area (Å²) in [6.07, 6.45) is 4.16. The molecule has 1 saturated carbocycles. The lowest BCUT2D eigenvalue weighted by Gasteiger charge is -2.11. The van der Waals surface area contributed by atoms with E-state index < -0.39 is 0 Å². The van der Waals surface area contributed by atoms with Crippen molar-refractivity contribution < 1.29 is 4.92 Å². The van der Waals surface area contributed by atoms with Crippen LogP contribution in [-0.2, 0) is 0 Å². The third kappa shape index (κ3) is 2.93. The fraction of sp³-hybridized carbons (Fsp3) is 0.583. The van der Waals surface area contributed by atoms with Gasteiger partial charge in [-0.2, -0.15) is 0 Å². The maximum absolute atomic E-state index is 10.8. The van der Waals surface area contributed by atoms with Crippen LogP contribution in [0, 0.1) is 28.9 Å². The topological polar surface area (TPSA) is 68.1 Å². The zero-order valence-electron chi connectivity index (χ0n) is 10.1. The molecule has 1 fully saturated rings. The van der Waals surface area contributed by atoms with Crippen LogP contribution in [-0.4, -0.2) is 16.5 Å². The normalized spacial score (nSPS) is 16.6. The molecule has 0 aliphatic heterocycles. The minimum atomic E-state index is -0.369. The second kappa shape index (κ2) is 4.69. The van der Waals surface area contributed by atoms with Crippen LogP contribution in [0.25, 0.3) is 0 Å². The first kappa shape index (κ1) is 11.8. The Bertz CT molecular complexity index is 430. The van der Waals surface area contributed by atoms with Gasteiger partial charge < -0.3 is 5.32 Å². The van der Waals surface area contributed by atoms with E-state index in [1.54, 1.807) is 13.1 Å². The predicted molar refractivity (Wildman–Crippen MR) is 66.0 cm³/mol. The lowest BCUT2D eigenvalue weighted by atomic mass is 10.1. The van der Waals surface area contributed by atoms with Crippen LogP contribution in [0.15, 0.2) is 12.3 Å². The number of pyridine rings is 1. The van der Waals surface area contributed by atoms with Crippen molar-refractivity contribution in [2.75, 3.05) is 11.9 Å². The van der Waals surface area contributed by atoms with Gasteiger partial charge >= 0.3 is 0 Å². The highest BCUT2D eigenvalue weighted by Gasteiger charge is 2.27. The third-order valence-corrected chi connectivity index (χ3v) is 3.30. The van der Waals surface area contributed by atoms with Gasteiger partial charge in [-0.25, -0.2) is 4.98 Å². The molecule has 0 aromatic carbocycles. The number of aromatic nitrogens is 1. The molecule has 1 aromatic rings. The Balaban J connectivity index is 2.00. The number of anilines is 1. The van der Waals surface area contributed by atoms with Crippen LogP contribution in [0.2, 0.25) is 0 Å². The molecular formula is C12H17N3O2. The van der Waals surface area contributed by atoms with Crippen LogP contribution < -0.4 is 5.32 Å². The quantitative estimate of drug-likeness (QED) is 0.629. The summed E-state index contributed by atoms with van der Waals surface area (Å²) in [5, 5.41) is 14.0. The van der Waals surface area contributed by atoms with Crippen LogP contribution in [0.3, 0.4) is 0 Å². The molecule has 0 radical (unpaired) electrons. The first-order valence-corrected chi connectivity index (χ1v) is 5.93. The minimum Gasteiger partial charge on any atom is -0.370 e. The Morgan fingerprint density at radius 3 is 2.94 bits per heavy atom. The highest BCUT2D eigenvalue weighted by molar-refractivity contribution is 5.48. The summed E-state index contributed by atoms with van der Waals surface area (Å²) in [6.45, 7) is 4.73. The molecule has 1 aliphatic rings. The highest BCUT2D eigenvalue weighted by atomic mass is 16.6. The molecule has 0 bridgehead atoms. The number of nitrogens with zero attached hydrogens (tertiary/aromatic N) is 2. The van der Waals surface area contributed by atoms with Crippen molar-refractivity contribution in [1.29, 1.82) is 0 Å². The van der Waals surface area contributed by atoms with Gasteiger partial charge in [-0.1, -0.05) is 6.92 Å². The Labute approximate surface area is 100 Å². The average Bonchev–Trinajstić information content (AvgIpc) is 3.11. The summed E-state index contributed by atoms with van der Waals surface area (Å²) in [5.74, 6) is 2.02. The predicted octanol–water partition coefficient (Wildman–Crippen LogP) is 2.76. The van der Waals surface area contributed by atoms with E-state index in [4.69, 9.17) is 0 Å². The lowest BCUT2D eigenvalue weighted by Crippen LogP contribution is -2.13. The molecular weight excluding hydrogens is 218 g/mol. The first-order chi connectivity index (χ1) is 8.08. The van der Waals surface area contributed by atoms with E-state index in [9.17, 15) is 10.1 Å². The zero-order chi connectivity index (χ0) is 12.4. The number of rotatable bonds is 5. The van der Waals surface area contributed by atoms with Crippen LogP contribution >= 0.6 is 0 Å². The number of hydrogen-bond donors (Lipinski definition) is 1. The summed E-state index contributed by atoms with van der Waals surface area (Å²) in [6, 6.07) is 1.51. The minimum absolute atomic E-state index is 0.126. The maximum atomic E-state index is 10.8. The number of hydrogen-bond acceptors (Lipinski definition) is 4. The Morgan fingerprint density at radius 2 is 2.35 bits per heavy atom. The summed E-state index contributed by atoms with van der Waals surface area (Å²) in [4.78, 5) is 14.6. The van der Waals surface area contributed by atoms with Gasteiger partial charge in [0.2, 0.25) is 0 Å². The van der Waals surface area contributed by atoms with Crippen LogP contribution in [0.4, 0.5) is 11.5 Å². The van der Waals surface area contributed by atoms with Gasteiger partial charge in [0.1, 0.15) is 5.82 Å². The Hall–Kier alpha value is -1.65. The van der Waals surface area contributed by atoms with Crippen molar-refractivity contribution >= 4 is 11.5 Å². The standard InChI is InChI=1S/C12H17N3O2/c1-8(10-3-4-10)6-13-12-5-11(15(16)17)9(2)7-14-12/h5,7-8,10H,3-4,6H2,1-2H3,(H,13,14). The number of nitrogens with one attached hydrogen (secondary N) is 1. The molecule has 0 spiro atoms. The van der Waals surface area contributed by atoms with Gasteiger partial charge in [0.05, 0.1) is 11.0 Å². The molecule has 17 heavy (non-hydrogen) atoms. The van der Waals surface area contributed by atoms with Gasteiger partial charge in [-0.3, -0.25) is 10.1 Å². The maximum Gasteiger partial charge on any atom is 0.277 e. The van der Waals surface area contributed by atoms with Crippen molar-refractivity contribution in [1.82, 2.24) is 4.98 Å². The van der Waals surface area contributed by atoms with E-state index in [-0.39, 0.29) is 10.6 Å². The van der Waals surface area contributed by atoms with Gasteiger partial charge in [-0.05, 0) is 31.6 Å². The number of nitro groups is 1. The van der Waals surface area contributed by atoms with E-state index in [0.29, 0.717) is 17.3 Å². The largest absolute Gasteiger partial charge is 0.370 e. The molecule has 1 aromatic heterocycles. The Kier molecular flexibility index (Phi) is 3.26. The van der Waals surface area contributed by atoms with Crippen molar-refractivity contribution in [3.05, 3.63) is 27.9 Å². The smallest absolute Gasteiger partial charge is 0.277 e. The van der Waals surface area contributed by atoms with E-state index in [1.165, 1.54) is 18.9 Å². The summed E-state index contributed by atoms with van der Waals surface area (Å²) >= 11 is 0. The van der Waals surface area contributed by atoms with E-state index in [2.05, 4.69) is 17.2 Å². The molecule has 1 heterocycles. The fourth-order valence-electron chi connectivity index (χ4n) is 1.90. The zero-order valence-corrected chi connectivity index (χ0v) is 10.1. The van der Waals surface area contributed by atoms with Gasteiger partial charge in [0, 0.05) is 18.3 Å². The van der Waals surface area contributed by atoms with Crippen LogP contribution in [0.5, 0.6) is 0 Å². The second-order valence-corrected chi connectivity index (χ2v) is 4.81. The molecule has 1 atom stereocenters. The first-order valence-electron chi connectivity index (χ1n) is 5.93. The highest BCUT2D eigenvalue weighted by Crippen LogP contribution is 2.36. The van der Waals surface area contributed by atoms with Gasteiger partial charge in [-0.15, -0.1) is 0 Å². The van der Waals surface area contributed by atoms with E-state index in [0.717, 1.165) is 12.5 Å². The molecule has 2 rings (SSSR count). The molecule has 0 saturated heterocycles. The van der Waals surface area contributed by atoms with Crippen molar-refractivity contribution in [3.8, 4) is 0 Å². The fourth-order valence-corrected chi connectivity index (χ4v) is 1.90. The molecule has 92 valence electrons. The van der Waals surface area contributed by atoms with Gasteiger partial charge in [0.25, 0.3) is 5.69 Å². The van der Waals surface area contributed by atoms with E-state index in [1.807, 2.05) is 0 Å². The molecule has 5 heteroatoms. The van der Waals surface area contributed by atoms with Crippen molar-refractivity contribution in [3.63, 3.8) is 0 Å². The molecule has 5 nitrogen and oxygen atoms in total. The molecule has 1 N–H and O–H groups in total. The molecule has 1 unspecified atom stereocenters. The molecule has 0 amide bonds. The summed E-state index contributed by atoms with van der Waals surface area (Å²) in [5.41, 5.74) is 0.720. The number of aryl methyl sites for hydroxylation is 1. The summed E-state index contributed by atoms with van der Waals surface area (Å²) in [7, 11) is 0. The summed E-state index contributed by atoms with van der Waals surface area (Å²) < 4.78 is 0. The SMILES string of the molecule is Cc1cnc(NCC(C)C2CC2)cc1[N+](=O)[O-]. The molecule has 1 aliphatic carbocycles. The van der Waals surface area contributed by atoms with E-state index >= 15 is 0 Å². The van der Waals surface area contributed by atoms with Crippen molar-refractivity contribution in [2.45, 2.75) is 26.7 Å². The van der Waals surface area contributed by atoms with Crippen LogP contribution in [0.1, 0.15) is 25.3 Å². The monoisotopic (exact) mass is 235 g/mol. The van der Waals surface area contributed by atoms with Crippen molar-refractivity contribution in [2.24, 2.45) is 11.8 Å². The lowest BCUT2D eigenvalue weighted by molar-refractivity contribution is -0.385. The average molecular weight is 235 g/mol. The third-order valence-electron chi connectivity index (χ3n) is 3.30. The Morgan fingerprint density at radius 1 is 1.65 bits per heavy atom. The second-order valence-electron chi connectivity index (χ2n) is 4.81. The van der Waals surface area contributed by atoms with Gasteiger partial charge in [0.15, 0.2) is 0 Å².